The predicted octanol–water partition coefficient (Wildman–Crippen LogP) is 1.72. The Labute approximate surface area is 124 Å². The molecule has 15 heavy (non-hydrogen) atoms. The van der Waals surface area contributed by atoms with Crippen molar-refractivity contribution in [2.24, 2.45) is 0 Å². The summed E-state index contributed by atoms with van der Waals surface area (Å²) in [4.78, 5) is 2.02. The standard InChI is InChI=1S/C10H12FN2O.Ac/c11-8-1-2-9(10(14)7-8)13-5-3-12-4-6-13;/h1-2,7,14H,3-6H2;/q-1;. The van der Waals surface area contributed by atoms with Gasteiger partial charge in [0.15, 0.2) is 0 Å². The molecule has 1 aliphatic heterocycles. The number of phenols is 1. The SMILES string of the molecule is Oc1cc(F)ccc1N1CC[N-]CC1.[Ac]. The van der Waals surface area contributed by atoms with Crippen LogP contribution in [0.5, 0.6) is 5.75 Å². The minimum absolute atomic E-state index is 0. The molecule has 1 aliphatic rings. The van der Waals surface area contributed by atoms with Crippen LogP contribution in [0.2, 0.25) is 0 Å². The molecule has 1 saturated heterocycles. The number of benzene rings is 1. The third kappa shape index (κ3) is 3.30. The van der Waals surface area contributed by atoms with Crippen LogP contribution in [-0.2, 0) is 0 Å². The van der Waals surface area contributed by atoms with Crippen LogP contribution >= 0.6 is 0 Å². The van der Waals surface area contributed by atoms with E-state index in [9.17, 15) is 9.50 Å². The Balaban J connectivity index is 0.00000112. The molecule has 0 bridgehead atoms. The molecule has 0 aromatic heterocycles. The Morgan fingerprint density at radius 3 is 2.53 bits per heavy atom. The third-order valence-corrected chi connectivity index (χ3v) is 2.33. The number of hydrogen-bond donors (Lipinski definition) is 1. The fourth-order valence-electron chi connectivity index (χ4n) is 1.61. The first kappa shape index (κ1) is 13.2. The molecular weight excluding hydrogens is 410 g/mol. The number of aromatic hydroxyl groups is 1. The van der Waals surface area contributed by atoms with Gasteiger partial charge in [-0.25, -0.2) is 4.39 Å². The minimum atomic E-state index is -0.409. The normalized spacial score (nSPS) is 15.9. The second-order valence-electron chi connectivity index (χ2n) is 3.29. The minimum Gasteiger partial charge on any atom is -0.659 e. The van der Waals surface area contributed by atoms with Crippen LogP contribution in [0.25, 0.3) is 5.32 Å². The quantitative estimate of drug-likeness (QED) is 0.749. The first-order chi connectivity index (χ1) is 6.77. The number of anilines is 1. The first-order valence-electron chi connectivity index (χ1n) is 4.64. The first-order valence-corrected chi connectivity index (χ1v) is 4.64. The molecule has 1 N–H and O–H groups in total. The maximum atomic E-state index is 12.7. The van der Waals surface area contributed by atoms with Gasteiger partial charge in [-0.3, -0.25) is 0 Å². The van der Waals surface area contributed by atoms with Crippen molar-refractivity contribution in [2.45, 2.75) is 0 Å². The molecule has 0 amide bonds. The largest absolute Gasteiger partial charge is 0.659 e. The van der Waals surface area contributed by atoms with E-state index in [0.29, 0.717) is 5.69 Å². The van der Waals surface area contributed by atoms with Gasteiger partial charge < -0.3 is 15.3 Å². The van der Waals surface area contributed by atoms with Gasteiger partial charge in [0.2, 0.25) is 0 Å². The summed E-state index contributed by atoms with van der Waals surface area (Å²) in [6.45, 7) is 3.13. The van der Waals surface area contributed by atoms with Crippen LogP contribution in [0, 0.1) is 49.9 Å². The number of nitrogens with zero attached hydrogens (tertiary/aromatic N) is 2. The van der Waals surface area contributed by atoms with E-state index < -0.39 is 5.82 Å². The smallest absolute Gasteiger partial charge is 0.141 e. The summed E-state index contributed by atoms with van der Waals surface area (Å²) in [6.07, 6.45) is 0. The van der Waals surface area contributed by atoms with E-state index in [0.717, 1.165) is 32.2 Å². The molecule has 1 radical (unpaired) electrons. The molecule has 5 heteroatoms. The molecule has 1 heterocycles. The number of piperazine rings is 1. The zero-order chi connectivity index (χ0) is 9.97. The Kier molecular flexibility index (Phi) is 5.31. The van der Waals surface area contributed by atoms with Gasteiger partial charge in [0.25, 0.3) is 0 Å². The van der Waals surface area contributed by atoms with E-state index in [2.05, 4.69) is 5.32 Å². The molecule has 2 rings (SSSR count). The van der Waals surface area contributed by atoms with Crippen molar-refractivity contribution in [3.05, 3.63) is 29.3 Å². The summed E-state index contributed by atoms with van der Waals surface area (Å²) >= 11 is 0. The zero-order valence-electron chi connectivity index (χ0n) is 8.36. The Morgan fingerprint density at radius 2 is 1.93 bits per heavy atom. The molecule has 0 unspecified atom stereocenters. The van der Waals surface area contributed by atoms with Crippen molar-refractivity contribution in [3.8, 4) is 5.75 Å². The fourth-order valence-corrected chi connectivity index (χ4v) is 1.61. The maximum absolute atomic E-state index is 12.7. The summed E-state index contributed by atoms with van der Waals surface area (Å²) < 4.78 is 12.7. The molecule has 0 atom stereocenters. The van der Waals surface area contributed by atoms with Gasteiger partial charge in [0.05, 0.1) is 5.69 Å². The van der Waals surface area contributed by atoms with Gasteiger partial charge >= 0.3 is 0 Å². The summed E-state index contributed by atoms with van der Waals surface area (Å²) in [7, 11) is 0. The molecule has 1 aromatic carbocycles. The maximum Gasteiger partial charge on any atom is 0.141 e. The number of halogens is 1. The topological polar surface area (TPSA) is 37.6 Å². The molecule has 3 nitrogen and oxygen atoms in total. The number of rotatable bonds is 1. The Morgan fingerprint density at radius 1 is 1.27 bits per heavy atom. The predicted molar refractivity (Wildman–Crippen MR) is 53.4 cm³/mol. The second-order valence-corrected chi connectivity index (χ2v) is 3.29. The van der Waals surface area contributed by atoms with Crippen molar-refractivity contribution in [3.63, 3.8) is 0 Å². The van der Waals surface area contributed by atoms with Crippen molar-refractivity contribution in [1.82, 2.24) is 0 Å². The molecule has 0 spiro atoms. The van der Waals surface area contributed by atoms with Crippen LogP contribution in [0.15, 0.2) is 18.2 Å². The van der Waals surface area contributed by atoms with E-state index in [1.807, 2.05) is 4.90 Å². The molecule has 0 aliphatic carbocycles. The van der Waals surface area contributed by atoms with E-state index >= 15 is 0 Å². The second kappa shape index (κ2) is 6.03. The molecular formula is C10H12AcFN2O-. The fraction of sp³-hybridized carbons (Fsp3) is 0.400. The van der Waals surface area contributed by atoms with Crippen molar-refractivity contribution in [1.29, 1.82) is 0 Å². The van der Waals surface area contributed by atoms with Crippen molar-refractivity contribution < 1.29 is 53.6 Å². The average molecular weight is 422 g/mol. The summed E-state index contributed by atoms with van der Waals surface area (Å²) in [5.74, 6) is -0.403. The van der Waals surface area contributed by atoms with Crippen LogP contribution in [0.1, 0.15) is 0 Å². The van der Waals surface area contributed by atoms with Gasteiger partial charge in [-0.05, 0) is 25.2 Å². The van der Waals surface area contributed by atoms with Crippen LogP contribution < -0.4 is 4.90 Å². The van der Waals surface area contributed by atoms with Crippen LogP contribution in [0.3, 0.4) is 0 Å². The van der Waals surface area contributed by atoms with Gasteiger partial charge in [-0.15, -0.1) is 13.1 Å². The van der Waals surface area contributed by atoms with Crippen molar-refractivity contribution in [2.75, 3.05) is 31.1 Å². The summed E-state index contributed by atoms with van der Waals surface area (Å²) in [6, 6.07) is 4.11. The van der Waals surface area contributed by atoms with Crippen LogP contribution in [0.4, 0.5) is 10.1 Å². The summed E-state index contributed by atoms with van der Waals surface area (Å²) in [5, 5.41) is 13.7. The Bertz CT molecular complexity index is 329. The monoisotopic (exact) mass is 422 g/mol. The van der Waals surface area contributed by atoms with Gasteiger partial charge in [0.1, 0.15) is 11.6 Å². The molecule has 1 aromatic rings. The molecule has 79 valence electrons. The van der Waals surface area contributed by atoms with E-state index in [1.165, 1.54) is 6.07 Å². The number of phenolic OH excluding ortho intramolecular Hbond substituents is 1. The van der Waals surface area contributed by atoms with Crippen LogP contribution in [-0.4, -0.2) is 31.3 Å². The van der Waals surface area contributed by atoms with Crippen molar-refractivity contribution >= 4 is 5.69 Å². The summed E-state index contributed by atoms with van der Waals surface area (Å²) in [5.41, 5.74) is 0.696. The van der Waals surface area contributed by atoms with E-state index in [1.54, 1.807) is 6.07 Å². The third-order valence-electron chi connectivity index (χ3n) is 2.33. The van der Waals surface area contributed by atoms with Gasteiger partial charge in [-0.2, -0.15) is 0 Å². The Hall–Kier alpha value is 0.152. The average Bonchev–Trinajstić information content (AvgIpc) is 2.19. The number of hydrogen-bond acceptors (Lipinski definition) is 2. The molecule has 1 fully saturated rings. The molecule has 0 saturated carbocycles. The van der Waals surface area contributed by atoms with E-state index in [-0.39, 0.29) is 49.8 Å². The zero-order valence-corrected chi connectivity index (χ0v) is 13.1. The van der Waals surface area contributed by atoms with Gasteiger partial charge in [0, 0.05) is 50.1 Å². The van der Waals surface area contributed by atoms with E-state index in [4.69, 9.17) is 0 Å². The van der Waals surface area contributed by atoms with Gasteiger partial charge in [-0.1, -0.05) is 0 Å².